The highest BCUT2D eigenvalue weighted by Gasteiger charge is 2.16. The van der Waals surface area contributed by atoms with E-state index in [0.29, 0.717) is 18.1 Å². The Labute approximate surface area is 106 Å². The molecule has 100 valence electrons. The SMILES string of the molecule is CCCC(Nc1cc(OC(C)C)ncn1)C(=O)O. The number of nitrogens with zero attached hydrogens (tertiary/aromatic N) is 2. The van der Waals surface area contributed by atoms with E-state index < -0.39 is 12.0 Å². The van der Waals surface area contributed by atoms with Crippen LogP contribution in [0.15, 0.2) is 12.4 Å². The Morgan fingerprint density at radius 2 is 2.22 bits per heavy atom. The Hall–Kier alpha value is -1.85. The van der Waals surface area contributed by atoms with Crippen molar-refractivity contribution in [3.05, 3.63) is 12.4 Å². The minimum Gasteiger partial charge on any atom is -0.480 e. The van der Waals surface area contributed by atoms with Crippen molar-refractivity contribution < 1.29 is 14.6 Å². The summed E-state index contributed by atoms with van der Waals surface area (Å²) < 4.78 is 5.42. The summed E-state index contributed by atoms with van der Waals surface area (Å²) in [5.41, 5.74) is 0. The summed E-state index contributed by atoms with van der Waals surface area (Å²) in [7, 11) is 0. The fourth-order valence-corrected chi connectivity index (χ4v) is 1.45. The van der Waals surface area contributed by atoms with Gasteiger partial charge in [0.05, 0.1) is 6.10 Å². The molecule has 1 aromatic heterocycles. The Balaban J connectivity index is 2.73. The largest absolute Gasteiger partial charge is 0.480 e. The van der Waals surface area contributed by atoms with Gasteiger partial charge >= 0.3 is 5.97 Å². The van der Waals surface area contributed by atoms with E-state index in [-0.39, 0.29) is 6.10 Å². The zero-order valence-corrected chi connectivity index (χ0v) is 10.9. The number of hydrogen-bond acceptors (Lipinski definition) is 5. The molecular weight excluding hydrogens is 234 g/mol. The molecule has 0 saturated heterocycles. The summed E-state index contributed by atoms with van der Waals surface area (Å²) >= 11 is 0. The summed E-state index contributed by atoms with van der Waals surface area (Å²) in [4.78, 5) is 19.0. The Morgan fingerprint density at radius 1 is 1.50 bits per heavy atom. The van der Waals surface area contributed by atoms with Crippen LogP contribution in [0.25, 0.3) is 0 Å². The number of aliphatic carboxylic acids is 1. The van der Waals surface area contributed by atoms with Crippen molar-refractivity contribution in [3.8, 4) is 5.88 Å². The molecule has 1 heterocycles. The first-order chi connectivity index (χ1) is 8.52. The minimum atomic E-state index is -0.887. The molecule has 1 aromatic rings. The van der Waals surface area contributed by atoms with Gasteiger partial charge in [0.15, 0.2) is 0 Å². The summed E-state index contributed by atoms with van der Waals surface area (Å²) in [5.74, 6) is 0.00595. The first kappa shape index (κ1) is 14.2. The molecular formula is C12H19N3O3. The second-order valence-corrected chi connectivity index (χ2v) is 4.23. The molecule has 0 bridgehead atoms. The van der Waals surface area contributed by atoms with Crippen LogP contribution in [0.2, 0.25) is 0 Å². The minimum absolute atomic E-state index is 0.0127. The molecule has 2 N–H and O–H groups in total. The molecule has 1 atom stereocenters. The predicted molar refractivity (Wildman–Crippen MR) is 67.8 cm³/mol. The van der Waals surface area contributed by atoms with Gasteiger partial charge in [0.1, 0.15) is 18.2 Å². The van der Waals surface area contributed by atoms with Gasteiger partial charge in [0.2, 0.25) is 5.88 Å². The van der Waals surface area contributed by atoms with Crippen molar-refractivity contribution in [2.45, 2.75) is 45.8 Å². The average Bonchev–Trinajstić information content (AvgIpc) is 2.28. The van der Waals surface area contributed by atoms with E-state index in [0.717, 1.165) is 6.42 Å². The highest BCUT2D eigenvalue weighted by atomic mass is 16.5. The Kier molecular flexibility index (Phi) is 5.35. The van der Waals surface area contributed by atoms with E-state index in [4.69, 9.17) is 9.84 Å². The molecule has 6 nitrogen and oxygen atoms in total. The lowest BCUT2D eigenvalue weighted by atomic mass is 10.2. The molecule has 1 rings (SSSR count). The molecule has 0 spiro atoms. The molecule has 0 aliphatic heterocycles. The number of carboxylic acid groups (broad SMARTS) is 1. The number of carboxylic acids is 1. The quantitative estimate of drug-likeness (QED) is 0.772. The highest BCUT2D eigenvalue weighted by molar-refractivity contribution is 5.76. The van der Waals surface area contributed by atoms with Crippen LogP contribution in [0.5, 0.6) is 5.88 Å². The van der Waals surface area contributed by atoms with Crippen molar-refractivity contribution in [2.24, 2.45) is 0 Å². The van der Waals surface area contributed by atoms with Crippen molar-refractivity contribution in [1.82, 2.24) is 9.97 Å². The van der Waals surface area contributed by atoms with Crippen LogP contribution < -0.4 is 10.1 Å². The van der Waals surface area contributed by atoms with Crippen LogP contribution in [-0.2, 0) is 4.79 Å². The number of ether oxygens (including phenoxy) is 1. The maximum atomic E-state index is 11.0. The van der Waals surface area contributed by atoms with Gasteiger partial charge in [-0.05, 0) is 20.3 Å². The summed E-state index contributed by atoms with van der Waals surface area (Å²) in [5, 5.41) is 11.9. The van der Waals surface area contributed by atoms with E-state index >= 15 is 0 Å². The normalized spacial score (nSPS) is 12.2. The summed E-state index contributed by atoms with van der Waals surface area (Å²) in [6.07, 6.45) is 2.69. The van der Waals surface area contributed by atoms with E-state index in [2.05, 4.69) is 15.3 Å². The number of nitrogens with one attached hydrogen (secondary N) is 1. The van der Waals surface area contributed by atoms with E-state index in [1.807, 2.05) is 20.8 Å². The molecule has 0 saturated carbocycles. The Morgan fingerprint density at radius 3 is 2.78 bits per heavy atom. The molecule has 0 aliphatic carbocycles. The second kappa shape index (κ2) is 6.78. The lowest BCUT2D eigenvalue weighted by Crippen LogP contribution is -2.29. The standard InChI is InChI=1S/C12H19N3O3/c1-4-5-9(12(16)17)15-10-6-11(14-7-13-10)18-8(2)3/h6-9H,4-5H2,1-3H3,(H,16,17)(H,13,14,15). The van der Waals surface area contributed by atoms with Crippen LogP contribution >= 0.6 is 0 Å². The number of carbonyl (C=O) groups is 1. The lowest BCUT2D eigenvalue weighted by Gasteiger charge is -2.15. The molecule has 6 heteroatoms. The van der Waals surface area contributed by atoms with Crippen LogP contribution in [0.4, 0.5) is 5.82 Å². The van der Waals surface area contributed by atoms with Crippen LogP contribution in [0, 0.1) is 0 Å². The van der Waals surface area contributed by atoms with Crippen LogP contribution in [0.3, 0.4) is 0 Å². The van der Waals surface area contributed by atoms with Gasteiger partial charge in [0.25, 0.3) is 0 Å². The van der Waals surface area contributed by atoms with Gasteiger partial charge in [-0.3, -0.25) is 0 Å². The topological polar surface area (TPSA) is 84.3 Å². The lowest BCUT2D eigenvalue weighted by molar-refractivity contribution is -0.138. The molecule has 0 aliphatic rings. The molecule has 0 radical (unpaired) electrons. The number of rotatable bonds is 7. The van der Waals surface area contributed by atoms with Crippen LogP contribution in [-0.4, -0.2) is 33.2 Å². The van der Waals surface area contributed by atoms with Crippen molar-refractivity contribution >= 4 is 11.8 Å². The zero-order valence-electron chi connectivity index (χ0n) is 10.9. The monoisotopic (exact) mass is 253 g/mol. The summed E-state index contributed by atoms with van der Waals surface area (Å²) in [6.45, 7) is 5.73. The average molecular weight is 253 g/mol. The van der Waals surface area contributed by atoms with Gasteiger partial charge in [-0.1, -0.05) is 13.3 Å². The van der Waals surface area contributed by atoms with Crippen molar-refractivity contribution in [2.75, 3.05) is 5.32 Å². The molecule has 0 aromatic carbocycles. The van der Waals surface area contributed by atoms with Gasteiger partial charge in [-0.15, -0.1) is 0 Å². The van der Waals surface area contributed by atoms with Gasteiger partial charge in [-0.25, -0.2) is 14.8 Å². The number of hydrogen-bond donors (Lipinski definition) is 2. The third-order valence-corrected chi connectivity index (χ3v) is 2.20. The van der Waals surface area contributed by atoms with E-state index in [1.165, 1.54) is 6.33 Å². The van der Waals surface area contributed by atoms with Crippen molar-refractivity contribution in [3.63, 3.8) is 0 Å². The molecule has 1 unspecified atom stereocenters. The van der Waals surface area contributed by atoms with Gasteiger partial charge in [0, 0.05) is 6.07 Å². The molecule has 18 heavy (non-hydrogen) atoms. The predicted octanol–water partition coefficient (Wildman–Crippen LogP) is 1.93. The number of aromatic nitrogens is 2. The maximum Gasteiger partial charge on any atom is 0.326 e. The number of anilines is 1. The van der Waals surface area contributed by atoms with Crippen molar-refractivity contribution in [1.29, 1.82) is 0 Å². The molecule has 0 fully saturated rings. The Bertz CT molecular complexity index is 396. The maximum absolute atomic E-state index is 11.0. The first-order valence-electron chi connectivity index (χ1n) is 6.01. The van der Waals surface area contributed by atoms with E-state index in [9.17, 15) is 4.79 Å². The fourth-order valence-electron chi connectivity index (χ4n) is 1.45. The summed E-state index contributed by atoms with van der Waals surface area (Å²) in [6, 6.07) is 0.961. The third kappa shape index (κ3) is 4.57. The highest BCUT2D eigenvalue weighted by Crippen LogP contribution is 2.14. The van der Waals surface area contributed by atoms with Crippen LogP contribution in [0.1, 0.15) is 33.6 Å². The fraction of sp³-hybridized carbons (Fsp3) is 0.583. The third-order valence-electron chi connectivity index (χ3n) is 2.20. The second-order valence-electron chi connectivity index (χ2n) is 4.23. The zero-order chi connectivity index (χ0) is 13.5. The molecule has 0 amide bonds. The van der Waals surface area contributed by atoms with Gasteiger partial charge in [-0.2, -0.15) is 0 Å². The van der Waals surface area contributed by atoms with Gasteiger partial charge < -0.3 is 15.2 Å². The van der Waals surface area contributed by atoms with E-state index in [1.54, 1.807) is 6.07 Å². The smallest absolute Gasteiger partial charge is 0.326 e. The first-order valence-corrected chi connectivity index (χ1v) is 6.01.